The summed E-state index contributed by atoms with van der Waals surface area (Å²) in [5, 5.41) is 8.18. The number of piperidine rings is 1. The predicted octanol–water partition coefficient (Wildman–Crippen LogP) is 2.48. The van der Waals surface area contributed by atoms with Crippen LogP contribution < -0.4 is 5.32 Å². The van der Waals surface area contributed by atoms with Crippen LogP contribution >= 0.6 is 0 Å². The molecule has 0 aliphatic carbocycles. The monoisotopic (exact) mass is 316 g/mol. The summed E-state index contributed by atoms with van der Waals surface area (Å²) in [5.74, 6) is 0.226. The summed E-state index contributed by atoms with van der Waals surface area (Å²) >= 11 is 0. The van der Waals surface area contributed by atoms with E-state index in [1.54, 1.807) is 0 Å². The minimum atomic E-state index is 0.0468. The highest BCUT2D eigenvalue weighted by atomic mass is 16.5. The fourth-order valence-electron chi connectivity index (χ4n) is 3.23. The second kappa shape index (κ2) is 6.28. The number of fused-ring (bicyclic) bond motifs is 1. The standard InChI is InChI=1S/C17H24N4O2/c1-10(2)15-14-13(8-11(3)19-16(14)23-20-15)17(22)21-7-5-6-12(9-21)18-4/h8,10,12,18H,5-7,9H2,1-4H3. The molecule has 6 nitrogen and oxygen atoms in total. The lowest BCUT2D eigenvalue weighted by atomic mass is 10.00. The first kappa shape index (κ1) is 15.9. The van der Waals surface area contributed by atoms with Gasteiger partial charge in [0.2, 0.25) is 0 Å². The number of likely N-dealkylation sites (tertiary alicyclic amines) is 1. The van der Waals surface area contributed by atoms with E-state index in [0.717, 1.165) is 42.7 Å². The van der Waals surface area contributed by atoms with Crippen LogP contribution in [0.3, 0.4) is 0 Å². The van der Waals surface area contributed by atoms with Gasteiger partial charge in [-0.2, -0.15) is 0 Å². The zero-order valence-corrected chi connectivity index (χ0v) is 14.2. The molecule has 1 aliphatic rings. The third kappa shape index (κ3) is 2.95. The summed E-state index contributed by atoms with van der Waals surface area (Å²) in [6, 6.07) is 2.22. The number of aryl methyl sites for hydroxylation is 1. The fraction of sp³-hybridized carbons (Fsp3) is 0.588. The zero-order chi connectivity index (χ0) is 16.6. The molecule has 1 atom stereocenters. The minimum Gasteiger partial charge on any atom is -0.337 e. The van der Waals surface area contributed by atoms with Gasteiger partial charge in [0.1, 0.15) is 0 Å². The van der Waals surface area contributed by atoms with Gasteiger partial charge in [0.25, 0.3) is 11.6 Å². The lowest BCUT2D eigenvalue weighted by Gasteiger charge is -2.32. The largest absolute Gasteiger partial charge is 0.337 e. The molecule has 1 unspecified atom stereocenters. The van der Waals surface area contributed by atoms with Gasteiger partial charge < -0.3 is 14.7 Å². The molecule has 3 rings (SSSR count). The van der Waals surface area contributed by atoms with Gasteiger partial charge in [-0.3, -0.25) is 4.79 Å². The van der Waals surface area contributed by atoms with Crippen LogP contribution in [-0.2, 0) is 0 Å². The van der Waals surface area contributed by atoms with Gasteiger partial charge in [0, 0.05) is 24.8 Å². The molecular weight excluding hydrogens is 292 g/mol. The number of amides is 1. The Bertz CT molecular complexity index is 723. The number of rotatable bonds is 3. The number of aromatic nitrogens is 2. The van der Waals surface area contributed by atoms with Crippen LogP contribution in [0.4, 0.5) is 0 Å². The molecule has 23 heavy (non-hydrogen) atoms. The summed E-state index contributed by atoms with van der Waals surface area (Å²) in [5.41, 5.74) is 2.70. The maximum atomic E-state index is 13.1. The summed E-state index contributed by atoms with van der Waals surface area (Å²) in [6.45, 7) is 7.50. The Hall–Kier alpha value is -1.95. The van der Waals surface area contributed by atoms with E-state index in [0.29, 0.717) is 17.3 Å². The number of hydrogen-bond donors (Lipinski definition) is 1. The molecule has 1 N–H and O–H groups in total. The summed E-state index contributed by atoms with van der Waals surface area (Å²) in [6.07, 6.45) is 2.13. The molecule has 0 bridgehead atoms. The van der Waals surface area contributed by atoms with Crippen molar-refractivity contribution in [3.8, 4) is 0 Å². The second-order valence-corrected chi connectivity index (χ2v) is 6.59. The summed E-state index contributed by atoms with van der Waals surface area (Å²) in [4.78, 5) is 19.4. The number of carbonyl (C=O) groups is 1. The lowest BCUT2D eigenvalue weighted by Crippen LogP contribution is -2.47. The smallest absolute Gasteiger partial charge is 0.259 e. The molecule has 0 aromatic carbocycles. The molecule has 1 aliphatic heterocycles. The van der Waals surface area contributed by atoms with Gasteiger partial charge in [0.15, 0.2) is 0 Å². The van der Waals surface area contributed by atoms with Gasteiger partial charge in [-0.15, -0.1) is 0 Å². The Morgan fingerprint density at radius 1 is 1.48 bits per heavy atom. The number of likely N-dealkylation sites (N-methyl/N-ethyl adjacent to an activating group) is 1. The first-order chi connectivity index (χ1) is 11.0. The summed E-state index contributed by atoms with van der Waals surface area (Å²) < 4.78 is 5.37. The van der Waals surface area contributed by atoms with E-state index in [1.807, 2.05) is 38.8 Å². The van der Waals surface area contributed by atoms with Crippen LogP contribution in [0.5, 0.6) is 0 Å². The van der Waals surface area contributed by atoms with Crippen LogP contribution in [0.1, 0.15) is 54.4 Å². The molecule has 2 aromatic rings. The predicted molar refractivity (Wildman–Crippen MR) is 88.6 cm³/mol. The van der Waals surface area contributed by atoms with E-state index in [-0.39, 0.29) is 11.8 Å². The maximum Gasteiger partial charge on any atom is 0.259 e. The molecule has 6 heteroatoms. The topological polar surface area (TPSA) is 71.3 Å². The number of hydrogen-bond acceptors (Lipinski definition) is 5. The van der Waals surface area contributed by atoms with Gasteiger partial charge in [0.05, 0.1) is 16.6 Å². The van der Waals surface area contributed by atoms with Crippen molar-refractivity contribution in [3.05, 3.63) is 23.0 Å². The zero-order valence-electron chi connectivity index (χ0n) is 14.2. The lowest BCUT2D eigenvalue weighted by molar-refractivity contribution is 0.0700. The van der Waals surface area contributed by atoms with Crippen LogP contribution in [0.25, 0.3) is 11.1 Å². The molecule has 0 spiro atoms. The Kier molecular flexibility index (Phi) is 4.35. The van der Waals surface area contributed by atoms with E-state index in [9.17, 15) is 4.79 Å². The van der Waals surface area contributed by atoms with Crippen molar-refractivity contribution in [2.24, 2.45) is 0 Å². The van der Waals surface area contributed by atoms with E-state index in [1.165, 1.54) is 0 Å². The van der Waals surface area contributed by atoms with Gasteiger partial charge in [-0.05, 0) is 38.8 Å². The van der Waals surface area contributed by atoms with Crippen molar-refractivity contribution in [2.45, 2.75) is 45.6 Å². The number of nitrogens with zero attached hydrogens (tertiary/aromatic N) is 3. The Labute approximate surface area is 136 Å². The average molecular weight is 316 g/mol. The Morgan fingerprint density at radius 2 is 2.26 bits per heavy atom. The van der Waals surface area contributed by atoms with E-state index in [2.05, 4.69) is 15.5 Å². The normalized spacial score (nSPS) is 18.8. The van der Waals surface area contributed by atoms with Crippen LogP contribution in [0.2, 0.25) is 0 Å². The molecule has 0 saturated carbocycles. The Morgan fingerprint density at radius 3 is 2.96 bits per heavy atom. The third-order valence-electron chi connectivity index (χ3n) is 4.50. The molecule has 3 heterocycles. The van der Waals surface area contributed by atoms with E-state index >= 15 is 0 Å². The van der Waals surface area contributed by atoms with Gasteiger partial charge >= 0.3 is 0 Å². The highest BCUT2D eigenvalue weighted by molar-refractivity contribution is 6.06. The van der Waals surface area contributed by atoms with Crippen molar-refractivity contribution in [1.82, 2.24) is 20.4 Å². The van der Waals surface area contributed by atoms with Crippen LogP contribution in [0, 0.1) is 6.92 Å². The van der Waals surface area contributed by atoms with Crippen molar-refractivity contribution in [1.29, 1.82) is 0 Å². The van der Waals surface area contributed by atoms with Crippen molar-refractivity contribution in [2.75, 3.05) is 20.1 Å². The van der Waals surface area contributed by atoms with Gasteiger partial charge in [-0.1, -0.05) is 19.0 Å². The third-order valence-corrected chi connectivity index (χ3v) is 4.50. The average Bonchev–Trinajstić information content (AvgIpc) is 2.97. The first-order valence-corrected chi connectivity index (χ1v) is 8.24. The quantitative estimate of drug-likeness (QED) is 0.942. The second-order valence-electron chi connectivity index (χ2n) is 6.59. The van der Waals surface area contributed by atoms with Crippen LogP contribution in [0.15, 0.2) is 10.6 Å². The van der Waals surface area contributed by atoms with E-state index < -0.39 is 0 Å². The molecule has 0 radical (unpaired) electrons. The van der Waals surface area contributed by atoms with Crippen molar-refractivity contribution >= 4 is 17.0 Å². The molecule has 1 saturated heterocycles. The highest BCUT2D eigenvalue weighted by Crippen LogP contribution is 2.29. The van der Waals surface area contributed by atoms with Crippen molar-refractivity contribution < 1.29 is 9.32 Å². The number of pyridine rings is 1. The summed E-state index contributed by atoms with van der Waals surface area (Å²) in [7, 11) is 1.95. The number of nitrogens with one attached hydrogen (secondary N) is 1. The number of carbonyl (C=O) groups excluding carboxylic acids is 1. The molecule has 124 valence electrons. The molecule has 1 fully saturated rings. The fourth-order valence-corrected chi connectivity index (χ4v) is 3.23. The maximum absolute atomic E-state index is 13.1. The Balaban J connectivity index is 2.04. The molecule has 1 amide bonds. The van der Waals surface area contributed by atoms with Crippen molar-refractivity contribution in [3.63, 3.8) is 0 Å². The molecule has 2 aromatic heterocycles. The SMILES string of the molecule is CNC1CCCN(C(=O)c2cc(C)nc3onc(C(C)C)c23)C1. The van der Waals surface area contributed by atoms with E-state index in [4.69, 9.17) is 4.52 Å². The van der Waals surface area contributed by atoms with Crippen LogP contribution in [-0.4, -0.2) is 47.1 Å². The molecular formula is C17H24N4O2. The first-order valence-electron chi connectivity index (χ1n) is 8.24. The van der Waals surface area contributed by atoms with Gasteiger partial charge in [-0.25, -0.2) is 4.98 Å². The highest BCUT2D eigenvalue weighted by Gasteiger charge is 2.27. The minimum absolute atomic E-state index is 0.0468.